The first-order valence-corrected chi connectivity index (χ1v) is 7.27. The number of hydrogen-bond donors (Lipinski definition) is 1. The minimum absolute atomic E-state index is 0.0680. The molecule has 1 aromatic heterocycles. The predicted octanol–water partition coefficient (Wildman–Crippen LogP) is 3.95. The molecule has 0 amide bonds. The molecule has 1 aromatic carbocycles. The fourth-order valence-corrected chi connectivity index (χ4v) is 2.17. The highest BCUT2D eigenvalue weighted by Crippen LogP contribution is 2.26. The monoisotopic (exact) mass is 287 g/mol. The normalized spacial score (nSPS) is 11.7. The molecule has 0 bridgehead atoms. The topological polar surface area (TPSA) is 41.3 Å². The van der Waals surface area contributed by atoms with Gasteiger partial charge in [-0.3, -0.25) is 4.90 Å². The first-order valence-electron chi connectivity index (χ1n) is 7.27. The molecule has 0 aliphatic heterocycles. The van der Waals surface area contributed by atoms with Crippen LogP contribution < -0.4 is 10.2 Å². The van der Waals surface area contributed by atoms with E-state index in [1.165, 1.54) is 11.1 Å². The van der Waals surface area contributed by atoms with Gasteiger partial charge in [0, 0.05) is 24.8 Å². The summed E-state index contributed by atoms with van der Waals surface area (Å²) >= 11 is 0. The van der Waals surface area contributed by atoms with Crippen LogP contribution in [0.2, 0.25) is 0 Å². The van der Waals surface area contributed by atoms with Gasteiger partial charge in [-0.25, -0.2) is 0 Å². The maximum absolute atomic E-state index is 5.61. The molecule has 2 rings (SSSR count). The second kappa shape index (κ2) is 5.90. The van der Waals surface area contributed by atoms with E-state index in [1.807, 2.05) is 11.9 Å². The third kappa shape index (κ3) is 4.08. The van der Waals surface area contributed by atoms with Crippen molar-refractivity contribution >= 4 is 11.7 Å². The molecule has 0 unspecified atom stereocenters. The summed E-state index contributed by atoms with van der Waals surface area (Å²) in [4.78, 5) is 6.53. The molecule has 2 aromatic rings. The average molecular weight is 287 g/mol. The van der Waals surface area contributed by atoms with Gasteiger partial charge in [0.2, 0.25) is 0 Å². The zero-order valence-corrected chi connectivity index (χ0v) is 13.8. The van der Waals surface area contributed by atoms with Crippen molar-refractivity contribution in [3.63, 3.8) is 0 Å². The van der Waals surface area contributed by atoms with E-state index in [0.717, 1.165) is 11.4 Å². The van der Waals surface area contributed by atoms with E-state index in [0.29, 0.717) is 12.6 Å². The van der Waals surface area contributed by atoms with Crippen LogP contribution in [0.4, 0.5) is 11.7 Å². The maximum atomic E-state index is 5.61. The van der Waals surface area contributed by atoms with Gasteiger partial charge in [-0.15, -0.1) is 0 Å². The summed E-state index contributed by atoms with van der Waals surface area (Å²) in [5, 5.41) is 3.41. The number of aryl methyl sites for hydroxylation is 2. The van der Waals surface area contributed by atoms with Crippen molar-refractivity contribution in [1.29, 1.82) is 0 Å². The Balaban J connectivity index is 2.13. The molecule has 0 saturated heterocycles. The van der Waals surface area contributed by atoms with Crippen LogP contribution >= 0.6 is 0 Å². The summed E-state index contributed by atoms with van der Waals surface area (Å²) in [6, 6.07) is 6.98. The molecule has 4 heteroatoms. The Labute approximate surface area is 127 Å². The van der Waals surface area contributed by atoms with Gasteiger partial charge >= 0.3 is 6.01 Å². The minimum Gasteiger partial charge on any atom is -0.431 e. The van der Waals surface area contributed by atoms with E-state index in [4.69, 9.17) is 4.42 Å². The Hall–Kier alpha value is -1.81. The van der Waals surface area contributed by atoms with Gasteiger partial charge in [0.25, 0.3) is 0 Å². The van der Waals surface area contributed by atoms with Crippen LogP contribution in [0, 0.1) is 13.8 Å². The van der Waals surface area contributed by atoms with Crippen molar-refractivity contribution in [1.82, 2.24) is 10.3 Å². The van der Waals surface area contributed by atoms with Gasteiger partial charge in [-0.1, -0.05) is 17.7 Å². The highest BCUT2D eigenvalue weighted by atomic mass is 16.4. The molecule has 21 heavy (non-hydrogen) atoms. The second-order valence-corrected chi connectivity index (χ2v) is 6.57. The van der Waals surface area contributed by atoms with E-state index in [-0.39, 0.29) is 5.54 Å². The van der Waals surface area contributed by atoms with Crippen molar-refractivity contribution in [3.8, 4) is 0 Å². The SMILES string of the molecule is Cc1ccc(N(C)c2nc(CNC(C)(C)C)co2)c(C)c1. The summed E-state index contributed by atoms with van der Waals surface area (Å²) in [6.45, 7) is 11.3. The highest BCUT2D eigenvalue weighted by molar-refractivity contribution is 5.60. The first kappa shape index (κ1) is 15.6. The molecule has 0 aliphatic carbocycles. The van der Waals surface area contributed by atoms with Gasteiger partial charge in [0.1, 0.15) is 6.26 Å². The molecule has 1 N–H and O–H groups in total. The number of nitrogens with zero attached hydrogens (tertiary/aromatic N) is 2. The second-order valence-electron chi connectivity index (χ2n) is 6.57. The summed E-state index contributed by atoms with van der Waals surface area (Å²) in [6.07, 6.45) is 1.72. The number of benzene rings is 1. The zero-order chi connectivity index (χ0) is 15.6. The van der Waals surface area contributed by atoms with Crippen LogP contribution in [0.5, 0.6) is 0 Å². The molecule has 0 aliphatic rings. The average Bonchev–Trinajstić information content (AvgIpc) is 2.83. The molecule has 114 valence electrons. The fourth-order valence-electron chi connectivity index (χ4n) is 2.17. The number of rotatable bonds is 4. The van der Waals surface area contributed by atoms with Gasteiger partial charge < -0.3 is 9.73 Å². The van der Waals surface area contributed by atoms with Crippen LogP contribution in [0.1, 0.15) is 37.6 Å². The van der Waals surface area contributed by atoms with Crippen LogP contribution in [-0.2, 0) is 6.54 Å². The van der Waals surface area contributed by atoms with Gasteiger partial charge in [-0.2, -0.15) is 4.98 Å². The number of aromatic nitrogens is 1. The number of nitrogens with one attached hydrogen (secondary N) is 1. The molecule has 0 fully saturated rings. The Bertz CT molecular complexity index is 611. The van der Waals surface area contributed by atoms with Gasteiger partial charge in [0.15, 0.2) is 0 Å². The van der Waals surface area contributed by atoms with Crippen LogP contribution in [0.3, 0.4) is 0 Å². The Kier molecular flexibility index (Phi) is 4.37. The third-order valence-corrected chi connectivity index (χ3v) is 3.34. The standard InChI is InChI=1S/C17H25N3O/c1-12-7-8-15(13(2)9-12)20(6)16-19-14(11-21-16)10-18-17(3,4)5/h7-9,11,18H,10H2,1-6H3. The van der Waals surface area contributed by atoms with E-state index in [1.54, 1.807) is 6.26 Å². The Morgan fingerprint density at radius 3 is 2.57 bits per heavy atom. The van der Waals surface area contributed by atoms with Crippen LogP contribution in [-0.4, -0.2) is 17.6 Å². The lowest BCUT2D eigenvalue weighted by atomic mass is 10.1. The molecule has 0 spiro atoms. The smallest absolute Gasteiger partial charge is 0.301 e. The van der Waals surface area contributed by atoms with E-state index < -0.39 is 0 Å². The summed E-state index contributed by atoms with van der Waals surface area (Å²) < 4.78 is 5.61. The Morgan fingerprint density at radius 2 is 1.95 bits per heavy atom. The molecular formula is C17H25N3O. The molecule has 1 heterocycles. The highest BCUT2D eigenvalue weighted by Gasteiger charge is 2.14. The van der Waals surface area contributed by atoms with E-state index >= 15 is 0 Å². The molecule has 4 nitrogen and oxygen atoms in total. The fraction of sp³-hybridized carbons (Fsp3) is 0.471. The Morgan fingerprint density at radius 1 is 1.24 bits per heavy atom. The summed E-state index contributed by atoms with van der Waals surface area (Å²) in [5.74, 6) is 0. The van der Waals surface area contributed by atoms with Crippen molar-refractivity contribution in [2.75, 3.05) is 11.9 Å². The molecular weight excluding hydrogens is 262 g/mol. The van der Waals surface area contributed by atoms with Crippen molar-refractivity contribution < 1.29 is 4.42 Å². The lowest BCUT2D eigenvalue weighted by molar-refractivity contribution is 0.421. The number of oxazole rings is 1. The molecule has 0 saturated carbocycles. The van der Waals surface area contributed by atoms with Gasteiger partial charge in [-0.05, 0) is 46.2 Å². The van der Waals surface area contributed by atoms with Crippen molar-refractivity contribution in [3.05, 3.63) is 41.3 Å². The van der Waals surface area contributed by atoms with Crippen LogP contribution in [0.25, 0.3) is 0 Å². The zero-order valence-electron chi connectivity index (χ0n) is 13.8. The minimum atomic E-state index is 0.0680. The predicted molar refractivity (Wildman–Crippen MR) is 87.1 cm³/mol. The van der Waals surface area contributed by atoms with Gasteiger partial charge in [0.05, 0.1) is 5.69 Å². The third-order valence-electron chi connectivity index (χ3n) is 3.34. The molecule has 0 radical (unpaired) electrons. The summed E-state index contributed by atoms with van der Waals surface area (Å²) in [7, 11) is 1.98. The largest absolute Gasteiger partial charge is 0.431 e. The summed E-state index contributed by atoms with van der Waals surface area (Å²) in [5.41, 5.74) is 4.56. The first-order chi connectivity index (χ1) is 9.76. The van der Waals surface area contributed by atoms with Crippen LogP contribution in [0.15, 0.2) is 28.9 Å². The van der Waals surface area contributed by atoms with Crippen molar-refractivity contribution in [2.24, 2.45) is 0 Å². The van der Waals surface area contributed by atoms with E-state index in [2.05, 4.69) is 63.1 Å². The van der Waals surface area contributed by atoms with E-state index in [9.17, 15) is 0 Å². The quantitative estimate of drug-likeness (QED) is 0.924. The lowest BCUT2D eigenvalue weighted by Gasteiger charge is -2.19. The maximum Gasteiger partial charge on any atom is 0.301 e. The van der Waals surface area contributed by atoms with Crippen molar-refractivity contribution in [2.45, 2.75) is 46.7 Å². The molecule has 0 atom stereocenters. The lowest BCUT2D eigenvalue weighted by Crippen LogP contribution is -2.35. The number of hydrogen-bond acceptors (Lipinski definition) is 4. The number of anilines is 2.